The van der Waals surface area contributed by atoms with Crippen LogP contribution in [0, 0.1) is 0 Å². The molecule has 0 amide bonds. The van der Waals surface area contributed by atoms with Crippen molar-refractivity contribution in [3.8, 4) is 0 Å². The smallest absolute Gasteiger partial charge is 0.339 e. The second kappa shape index (κ2) is 7.33. The van der Waals surface area contributed by atoms with Crippen molar-refractivity contribution in [2.75, 3.05) is 7.11 Å². The van der Waals surface area contributed by atoms with E-state index in [0.29, 0.717) is 11.4 Å². The van der Waals surface area contributed by atoms with Gasteiger partial charge < -0.3 is 4.74 Å². The van der Waals surface area contributed by atoms with Gasteiger partial charge in [-0.25, -0.2) is 4.79 Å². The Kier molecular flexibility index (Phi) is 6.76. The van der Waals surface area contributed by atoms with Gasteiger partial charge in [0, 0.05) is 6.20 Å². The standard InChI is InChI=1S/C8H8ClNO2.C2H6/c1-12-8(11)6-2-3-7(4-9)10-5-6;1-2/h2-3,5H,4H2,1H3;1-2H3. The van der Waals surface area contributed by atoms with Crippen LogP contribution in [0.1, 0.15) is 29.9 Å². The Morgan fingerprint density at radius 1 is 1.50 bits per heavy atom. The molecule has 3 nitrogen and oxygen atoms in total. The lowest BCUT2D eigenvalue weighted by Gasteiger charge is -1.98. The quantitative estimate of drug-likeness (QED) is 0.563. The Hall–Kier alpha value is -1.09. The summed E-state index contributed by atoms with van der Waals surface area (Å²) in [5.74, 6) is -0.0369. The number of rotatable bonds is 2. The molecule has 78 valence electrons. The molecule has 14 heavy (non-hydrogen) atoms. The van der Waals surface area contributed by atoms with Crippen molar-refractivity contribution in [3.05, 3.63) is 29.6 Å². The molecule has 0 fully saturated rings. The van der Waals surface area contributed by atoms with Gasteiger partial charge in [-0.15, -0.1) is 11.6 Å². The maximum Gasteiger partial charge on any atom is 0.339 e. The fraction of sp³-hybridized carbons (Fsp3) is 0.400. The van der Waals surface area contributed by atoms with Gasteiger partial charge >= 0.3 is 5.97 Å². The summed E-state index contributed by atoms with van der Waals surface area (Å²) in [6.07, 6.45) is 1.45. The van der Waals surface area contributed by atoms with E-state index in [0.717, 1.165) is 5.69 Å². The molecule has 0 saturated carbocycles. The predicted octanol–water partition coefficient (Wildman–Crippen LogP) is 2.63. The van der Waals surface area contributed by atoms with E-state index in [1.165, 1.54) is 13.3 Å². The summed E-state index contributed by atoms with van der Waals surface area (Å²) in [6, 6.07) is 3.33. The van der Waals surface area contributed by atoms with Crippen LogP contribution in [0.25, 0.3) is 0 Å². The highest BCUT2D eigenvalue weighted by molar-refractivity contribution is 6.16. The molecule has 0 aliphatic carbocycles. The Labute approximate surface area is 89.1 Å². The molecule has 0 spiro atoms. The highest BCUT2D eigenvalue weighted by Crippen LogP contribution is 2.03. The molecule has 1 heterocycles. The number of esters is 1. The summed E-state index contributed by atoms with van der Waals surface area (Å²) < 4.78 is 4.50. The summed E-state index contributed by atoms with van der Waals surface area (Å²) in [5, 5.41) is 0. The Morgan fingerprint density at radius 3 is 2.50 bits per heavy atom. The highest BCUT2D eigenvalue weighted by atomic mass is 35.5. The average molecular weight is 216 g/mol. The minimum Gasteiger partial charge on any atom is -0.465 e. The number of carbonyl (C=O) groups is 1. The molecule has 0 atom stereocenters. The number of carbonyl (C=O) groups excluding carboxylic acids is 1. The number of nitrogens with zero attached hydrogens (tertiary/aromatic N) is 1. The van der Waals surface area contributed by atoms with Gasteiger partial charge in [-0.05, 0) is 12.1 Å². The van der Waals surface area contributed by atoms with Crippen LogP contribution >= 0.6 is 11.6 Å². The number of halogens is 1. The van der Waals surface area contributed by atoms with E-state index >= 15 is 0 Å². The van der Waals surface area contributed by atoms with Gasteiger partial charge in [0.2, 0.25) is 0 Å². The fourth-order valence-electron chi connectivity index (χ4n) is 0.742. The molecule has 0 unspecified atom stereocenters. The summed E-state index contributed by atoms with van der Waals surface area (Å²) in [6.45, 7) is 4.00. The first kappa shape index (κ1) is 12.9. The van der Waals surface area contributed by atoms with E-state index in [1.807, 2.05) is 13.8 Å². The Balaban J connectivity index is 0.000000791. The van der Waals surface area contributed by atoms with Crippen LogP contribution in [0.5, 0.6) is 0 Å². The first-order chi connectivity index (χ1) is 6.77. The van der Waals surface area contributed by atoms with Gasteiger partial charge in [0.1, 0.15) is 0 Å². The maximum atomic E-state index is 10.9. The molecular weight excluding hydrogens is 202 g/mol. The van der Waals surface area contributed by atoms with Crippen LogP contribution in [0.15, 0.2) is 18.3 Å². The van der Waals surface area contributed by atoms with E-state index in [1.54, 1.807) is 12.1 Å². The molecule has 1 aromatic rings. The van der Waals surface area contributed by atoms with Crippen LogP contribution in [0.2, 0.25) is 0 Å². The zero-order valence-corrected chi connectivity index (χ0v) is 9.34. The molecule has 0 bridgehead atoms. The highest BCUT2D eigenvalue weighted by Gasteiger charge is 2.04. The first-order valence-corrected chi connectivity index (χ1v) is 4.90. The summed E-state index contributed by atoms with van der Waals surface area (Å²) in [7, 11) is 1.33. The minimum absolute atomic E-state index is 0.349. The molecule has 4 heteroatoms. The van der Waals surface area contributed by atoms with Crippen molar-refractivity contribution in [2.24, 2.45) is 0 Å². The molecule has 0 saturated heterocycles. The monoisotopic (exact) mass is 215 g/mol. The van der Waals surface area contributed by atoms with E-state index in [-0.39, 0.29) is 5.97 Å². The number of methoxy groups -OCH3 is 1. The van der Waals surface area contributed by atoms with Crippen LogP contribution in [-0.4, -0.2) is 18.1 Å². The van der Waals surface area contributed by atoms with Crippen molar-refractivity contribution in [3.63, 3.8) is 0 Å². The van der Waals surface area contributed by atoms with Crippen molar-refractivity contribution in [2.45, 2.75) is 19.7 Å². The van der Waals surface area contributed by atoms with Gasteiger partial charge in [-0.2, -0.15) is 0 Å². The summed E-state index contributed by atoms with van der Waals surface area (Å²) >= 11 is 5.51. The lowest BCUT2D eigenvalue weighted by molar-refractivity contribution is 0.0600. The molecule has 0 aliphatic heterocycles. The topological polar surface area (TPSA) is 39.2 Å². The second-order valence-corrected chi connectivity index (χ2v) is 2.43. The van der Waals surface area contributed by atoms with Gasteiger partial charge in [-0.3, -0.25) is 4.98 Å². The number of pyridine rings is 1. The molecule has 1 aromatic heterocycles. The first-order valence-electron chi connectivity index (χ1n) is 4.37. The summed E-state index contributed by atoms with van der Waals surface area (Å²) in [4.78, 5) is 14.9. The normalized spacial score (nSPS) is 8.57. The van der Waals surface area contributed by atoms with Crippen LogP contribution < -0.4 is 0 Å². The molecule has 0 aromatic carbocycles. The number of hydrogen-bond donors (Lipinski definition) is 0. The summed E-state index contributed by atoms with van der Waals surface area (Å²) in [5.41, 5.74) is 1.18. The molecule has 1 rings (SSSR count). The van der Waals surface area contributed by atoms with Crippen LogP contribution in [0.3, 0.4) is 0 Å². The largest absolute Gasteiger partial charge is 0.465 e. The van der Waals surface area contributed by atoms with Gasteiger partial charge in [0.15, 0.2) is 0 Å². The van der Waals surface area contributed by atoms with E-state index in [2.05, 4.69) is 9.72 Å². The average Bonchev–Trinajstić information content (AvgIpc) is 2.31. The lowest BCUT2D eigenvalue weighted by atomic mass is 10.2. The molecule has 0 N–H and O–H groups in total. The lowest BCUT2D eigenvalue weighted by Crippen LogP contribution is -2.01. The third kappa shape index (κ3) is 3.75. The molecular formula is C10H14ClNO2. The van der Waals surface area contributed by atoms with Crippen molar-refractivity contribution in [1.82, 2.24) is 4.98 Å². The minimum atomic E-state index is -0.386. The van der Waals surface area contributed by atoms with Crippen LogP contribution in [0.4, 0.5) is 0 Å². The zero-order chi connectivity index (χ0) is 11.0. The number of aromatic nitrogens is 1. The third-order valence-electron chi connectivity index (χ3n) is 1.38. The van der Waals surface area contributed by atoms with Crippen molar-refractivity contribution < 1.29 is 9.53 Å². The SMILES string of the molecule is CC.COC(=O)c1ccc(CCl)nc1. The van der Waals surface area contributed by atoms with Crippen LogP contribution in [-0.2, 0) is 10.6 Å². The van der Waals surface area contributed by atoms with E-state index in [9.17, 15) is 4.79 Å². The number of alkyl halides is 1. The van der Waals surface area contributed by atoms with Gasteiger partial charge in [0.05, 0.1) is 24.2 Å². The zero-order valence-electron chi connectivity index (χ0n) is 8.58. The van der Waals surface area contributed by atoms with Gasteiger partial charge in [0.25, 0.3) is 0 Å². The number of hydrogen-bond acceptors (Lipinski definition) is 3. The Morgan fingerprint density at radius 2 is 2.14 bits per heavy atom. The molecule has 0 radical (unpaired) electrons. The fourth-order valence-corrected chi connectivity index (χ4v) is 0.900. The third-order valence-corrected chi connectivity index (χ3v) is 1.66. The van der Waals surface area contributed by atoms with E-state index in [4.69, 9.17) is 11.6 Å². The van der Waals surface area contributed by atoms with Crippen molar-refractivity contribution in [1.29, 1.82) is 0 Å². The van der Waals surface area contributed by atoms with Gasteiger partial charge in [-0.1, -0.05) is 13.8 Å². The second-order valence-electron chi connectivity index (χ2n) is 2.16. The molecule has 0 aliphatic rings. The van der Waals surface area contributed by atoms with Crippen molar-refractivity contribution >= 4 is 17.6 Å². The maximum absolute atomic E-state index is 10.9. The number of ether oxygens (including phenoxy) is 1. The predicted molar refractivity (Wildman–Crippen MR) is 56.5 cm³/mol. The van der Waals surface area contributed by atoms with E-state index < -0.39 is 0 Å². The Bertz CT molecular complexity index is 272.